The Labute approximate surface area is 95.8 Å². The lowest BCUT2D eigenvalue weighted by Crippen LogP contribution is -2.00. The van der Waals surface area contributed by atoms with Gasteiger partial charge < -0.3 is 9.67 Å². The molecule has 0 spiro atoms. The number of thiophene rings is 1. The molecule has 0 bridgehead atoms. The van der Waals surface area contributed by atoms with Crippen LogP contribution < -0.4 is 0 Å². The van der Waals surface area contributed by atoms with Crippen molar-refractivity contribution in [3.8, 4) is 10.6 Å². The van der Waals surface area contributed by atoms with Gasteiger partial charge in [-0.05, 0) is 11.4 Å². The predicted molar refractivity (Wildman–Crippen MR) is 62.2 cm³/mol. The zero-order valence-corrected chi connectivity index (χ0v) is 9.64. The summed E-state index contributed by atoms with van der Waals surface area (Å²) >= 11 is 3.43. The smallest absolute Gasteiger partial charge is 0.168 e. The van der Waals surface area contributed by atoms with Crippen LogP contribution in [0.2, 0.25) is 0 Å². The summed E-state index contributed by atoms with van der Waals surface area (Å²) in [6.07, 6.45) is 0. The lowest BCUT2D eigenvalue weighted by Gasteiger charge is -2.02. The van der Waals surface area contributed by atoms with E-state index in [0.29, 0.717) is 0 Å². The number of aliphatic hydroxyl groups excluding tert-OH is 1. The molecule has 2 aromatic heterocycles. The molecule has 15 heavy (non-hydrogen) atoms. The van der Waals surface area contributed by atoms with Gasteiger partial charge in [-0.3, -0.25) is 0 Å². The first-order valence-electron chi connectivity index (χ1n) is 4.77. The molecule has 0 amide bonds. The summed E-state index contributed by atoms with van der Waals surface area (Å²) in [7, 11) is 0. The number of nitrogens with zero attached hydrogens (tertiary/aromatic N) is 2. The summed E-state index contributed by atoms with van der Waals surface area (Å²) in [5, 5.41) is 12.5. The van der Waals surface area contributed by atoms with Crippen molar-refractivity contribution in [2.45, 2.75) is 18.3 Å². The molecule has 0 saturated carbocycles. The van der Waals surface area contributed by atoms with Crippen molar-refractivity contribution in [3.05, 3.63) is 23.2 Å². The van der Waals surface area contributed by atoms with Gasteiger partial charge in [-0.25, -0.2) is 4.98 Å². The molecule has 0 unspecified atom stereocenters. The number of fused-ring (bicyclic) bond motifs is 1. The van der Waals surface area contributed by atoms with E-state index in [4.69, 9.17) is 0 Å². The molecule has 3 heterocycles. The Balaban J connectivity index is 2.16. The zero-order valence-electron chi connectivity index (χ0n) is 8.01. The molecule has 78 valence electrons. The third-order valence-corrected chi connectivity index (χ3v) is 4.32. The van der Waals surface area contributed by atoms with Gasteiger partial charge in [0.1, 0.15) is 5.69 Å². The minimum absolute atomic E-state index is 0.0702. The second-order valence-corrected chi connectivity index (χ2v) is 5.33. The zero-order chi connectivity index (χ0) is 10.3. The maximum atomic E-state index is 9.40. The first kappa shape index (κ1) is 9.45. The quantitative estimate of drug-likeness (QED) is 0.871. The Kier molecular flexibility index (Phi) is 2.31. The van der Waals surface area contributed by atoms with Crippen LogP contribution in [0.3, 0.4) is 0 Å². The van der Waals surface area contributed by atoms with Crippen molar-refractivity contribution in [1.82, 2.24) is 9.55 Å². The maximum absolute atomic E-state index is 9.40. The normalized spacial score (nSPS) is 14.5. The van der Waals surface area contributed by atoms with Crippen LogP contribution in [-0.2, 0) is 13.2 Å². The molecule has 1 aliphatic heterocycles. The Morgan fingerprint density at radius 1 is 1.53 bits per heavy atom. The summed E-state index contributed by atoms with van der Waals surface area (Å²) in [6, 6.07) is 4.06. The molecule has 0 saturated heterocycles. The van der Waals surface area contributed by atoms with Gasteiger partial charge in [-0.1, -0.05) is 17.8 Å². The lowest BCUT2D eigenvalue weighted by molar-refractivity contribution is 0.271. The second-order valence-electron chi connectivity index (χ2n) is 3.33. The number of aliphatic hydroxyl groups is 1. The second kappa shape index (κ2) is 3.66. The van der Waals surface area contributed by atoms with Crippen LogP contribution in [0.25, 0.3) is 10.6 Å². The number of hydrogen-bond acceptors (Lipinski definition) is 4. The predicted octanol–water partition coefficient (Wildman–Crippen LogP) is 2.21. The summed E-state index contributed by atoms with van der Waals surface area (Å²) in [6.45, 7) is 1.04. The highest BCUT2D eigenvalue weighted by Crippen LogP contribution is 2.34. The number of aromatic nitrogens is 2. The monoisotopic (exact) mass is 238 g/mol. The van der Waals surface area contributed by atoms with Crippen LogP contribution in [0.1, 0.15) is 5.69 Å². The summed E-state index contributed by atoms with van der Waals surface area (Å²) in [5.74, 6) is 1.07. The summed E-state index contributed by atoms with van der Waals surface area (Å²) in [4.78, 5) is 5.72. The van der Waals surface area contributed by atoms with Crippen LogP contribution >= 0.6 is 23.1 Å². The molecule has 0 aromatic carbocycles. The molecule has 0 fully saturated rings. The van der Waals surface area contributed by atoms with Gasteiger partial charge in [0.15, 0.2) is 5.16 Å². The Morgan fingerprint density at radius 2 is 2.47 bits per heavy atom. The first-order valence-corrected chi connectivity index (χ1v) is 6.63. The molecule has 0 radical (unpaired) electrons. The van der Waals surface area contributed by atoms with Gasteiger partial charge in [-0.15, -0.1) is 11.3 Å². The minimum Gasteiger partial charge on any atom is -0.390 e. The van der Waals surface area contributed by atoms with E-state index in [9.17, 15) is 5.11 Å². The summed E-state index contributed by atoms with van der Waals surface area (Å²) < 4.78 is 2.12. The van der Waals surface area contributed by atoms with E-state index in [2.05, 4.69) is 9.55 Å². The van der Waals surface area contributed by atoms with Crippen molar-refractivity contribution in [2.75, 3.05) is 5.75 Å². The van der Waals surface area contributed by atoms with E-state index in [-0.39, 0.29) is 6.61 Å². The first-order chi connectivity index (χ1) is 7.40. The number of imidazole rings is 1. The molecule has 1 N–H and O–H groups in total. The molecule has 0 atom stereocenters. The lowest BCUT2D eigenvalue weighted by atomic mass is 10.3. The molecule has 3 nitrogen and oxygen atoms in total. The highest BCUT2D eigenvalue weighted by Gasteiger charge is 2.22. The van der Waals surface area contributed by atoms with Gasteiger partial charge >= 0.3 is 0 Å². The van der Waals surface area contributed by atoms with Gasteiger partial charge in [-0.2, -0.15) is 0 Å². The molecular weight excluding hydrogens is 228 g/mol. The van der Waals surface area contributed by atoms with Crippen LogP contribution in [0.5, 0.6) is 0 Å². The highest BCUT2D eigenvalue weighted by atomic mass is 32.2. The van der Waals surface area contributed by atoms with E-state index in [1.807, 2.05) is 17.5 Å². The molecule has 5 heteroatoms. The topological polar surface area (TPSA) is 38.1 Å². The van der Waals surface area contributed by atoms with Gasteiger partial charge in [0.05, 0.1) is 17.2 Å². The molecular formula is C10H10N2OS2. The van der Waals surface area contributed by atoms with Gasteiger partial charge in [0.25, 0.3) is 0 Å². The van der Waals surface area contributed by atoms with Crippen molar-refractivity contribution in [2.24, 2.45) is 0 Å². The van der Waals surface area contributed by atoms with Crippen molar-refractivity contribution < 1.29 is 5.11 Å². The van der Waals surface area contributed by atoms with Crippen LogP contribution in [0.15, 0.2) is 22.7 Å². The van der Waals surface area contributed by atoms with E-state index in [0.717, 1.165) is 33.7 Å². The van der Waals surface area contributed by atoms with Crippen molar-refractivity contribution in [1.29, 1.82) is 0 Å². The number of rotatable bonds is 2. The average Bonchev–Trinajstić information content (AvgIpc) is 2.93. The van der Waals surface area contributed by atoms with Crippen LogP contribution in [0.4, 0.5) is 0 Å². The summed E-state index contributed by atoms with van der Waals surface area (Å²) in [5.41, 5.74) is 1.91. The Hall–Kier alpha value is -0.780. The minimum atomic E-state index is 0.0702. The van der Waals surface area contributed by atoms with E-state index in [1.54, 1.807) is 23.1 Å². The number of hydrogen-bond donors (Lipinski definition) is 1. The molecule has 3 rings (SSSR count). The molecule has 2 aromatic rings. The van der Waals surface area contributed by atoms with Gasteiger partial charge in [0.2, 0.25) is 0 Å². The largest absolute Gasteiger partial charge is 0.390 e. The SMILES string of the molecule is OCc1c(-c2cccs2)nc2n1CCS2. The third kappa shape index (κ3) is 1.42. The fourth-order valence-corrected chi connectivity index (χ4v) is 3.51. The van der Waals surface area contributed by atoms with Crippen LogP contribution in [0, 0.1) is 0 Å². The van der Waals surface area contributed by atoms with E-state index >= 15 is 0 Å². The third-order valence-electron chi connectivity index (χ3n) is 2.49. The standard InChI is InChI=1S/C10H10N2OS2/c13-6-7-9(8-2-1-4-14-8)11-10-12(7)3-5-15-10/h1-2,4,13H,3,5-6H2. The highest BCUT2D eigenvalue weighted by molar-refractivity contribution is 7.99. The number of thioether (sulfide) groups is 1. The van der Waals surface area contributed by atoms with Crippen molar-refractivity contribution >= 4 is 23.1 Å². The Morgan fingerprint density at radius 3 is 3.20 bits per heavy atom. The van der Waals surface area contributed by atoms with E-state index in [1.165, 1.54) is 0 Å². The van der Waals surface area contributed by atoms with Gasteiger partial charge in [0, 0.05) is 12.3 Å². The van der Waals surface area contributed by atoms with E-state index < -0.39 is 0 Å². The van der Waals surface area contributed by atoms with Crippen molar-refractivity contribution in [3.63, 3.8) is 0 Å². The average molecular weight is 238 g/mol. The van der Waals surface area contributed by atoms with Crippen LogP contribution in [-0.4, -0.2) is 20.4 Å². The fourth-order valence-electron chi connectivity index (χ4n) is 1.80. The molecule has 0 aliphatic carbocycles. The fraction of sp³-hybridized carbons (Fsp3) is 0.300. The maximum Gasteiger partial charge on any atom is 0.168 e. The molecule has 1 aliphatic rings. The Bertz CT molecular complexity index is 476.